The minimum absolute atomic E-state index is 0.132. The third kappa shape index (κ3) is 4.33. The number of rotatable bonds is 6. The van der Waals surface area contributed by atoms with Crippen LogP contribution in [0.1, 0.15) is 5.56 Å². The van der Waals surface area contributed by atoms with Crippen molar-refractivity contribution in [3.8, 4) is 5.75 Å². The van der Waals surface area contributed by atoms with E-state index in [-0.39, 0.29) is 6.04 Å². The molecule has 1 fully saturated rings. The molecule has 7 nitrogen and oxygen atoms in total. The zero-order valence-electron chi connectivity index (χ0n) is 12.6. The number of ether oxygens (including phenoxy) is 2. The Morgan fingerprint density at radius 2 is 2.18 bits per heavy atom. The third-order valence-electron chi connectivity index (χ3n) is 3.64. The summed E-state index contributed by atoms with van der Waals surface area (Å²) < 4.78 is 10.4. The van der Waals surface area contributed by atoms with Crippen molar-refractivity contribution in [2.24, 2.45) is 5.73 Å². The number of nitrogens with two attached hydrogens (primary N) is 1. The molecule has 22 heavy (non-hydrogen) atoms. The Morgan fingerprint density at radius 1 is 1.45 bits per heavy atom. The van der Waals surface area contributed by atoms with Crippen molar-refractivity contribution in [3.63, 3.8) is 0 Å². The van der Waals surface area contributed by atoms with E-state index in [1.807, 2.05) is 24.3 Å². The topological polar surface area (TPSA) is 106 Å². The summed E-state index contributed by atoms with van der Waals surface area (Å²) in [6.45, 7) is 1.09. The highest BCUT2D eigenvalue weighted by Crippen LogP contribution is 2.19. The SMILES string of the molecule is COc1ccc(C[C@H]2NC[C@H](O)[C@H]2OC(=O)NCCN)cc1. The van der Waals surface area contributed by atoms with Crippen LogP contribution >= 0.6 is 0 Å². The minimum Gasteiger partial charge on any atom is -0.497 e. The zero-order valence-corrected chi connectivity index (χ0v) is 12.6. The average molecular weight is 309 g/mol. The lowest BCUT2D eigenvalue weighted by Crippen LogP contribution is -2.42. The van der Waals surface area contributed by atoms with Crippen molar-refractivity contribution in [1.82, 2.24) is 10.6 Å². The highest BCUT2D eigenvalue weighted by molar-refractivity contribution is 5.67. The number of hydrogen-bond acceptors (Lipinski definition) is 6. The fourth-order valence-electron chi connectivity index (χ4n) is 2.48. The summed E-state index contributed by atoms with van der Waals surface area (Å²) in [5, 5.41) is 15.7. The highest BCUT2D eigenvalue weighted by Gasteiger charge is 2.37. The summed E-state index contributed by atoms with van der Waals surface area (Å²) in [5.74, 6) is 0.789. The Labute approximate surface area is 129 Å². The molecule has 5 N–H and O–H groups in total. The molecule has 0 bridgehead atoms. The maximum absolute atomic E-state index is 11.6. The smallest absolute Gasteiger partial charge is 0.407 e. The predicted molar refractivity (Wildman–Crippen MR) is 81.8 cm³/mol. The van der Waals surface area contributed by atoms with Gasteiger partial charge in [-0.05, 0) is 24.1 Å². The molecule has 7 heteroatoms. The normalized spacial score (nSPS) is 24.0. The number of aliphatic hydroxyl groups excluding tert-OH is 1. The largest absolute Gasteiger partial charge is 0.497 e. The summed E-state index contributed by atoms with van der Waals surface area (Å²) in [6.07, 6.45) is -1.21. The van der Waals surface area contributed by atoms with Gasteiger partial charge in [0.05, 0.1) is 13.2 Å². The predicted octanol–water partition coefficient (Wildman–Crippen LogP) is -0.376. The molecule has 1 amide bonds. The molecule has 1 heterocycles. The van der Waals surface area contributed by atoms with E-state index in [4.69, 9.17) is 15.2 Å². The molecule has 0 unspecified atom stereocenters. The molecular weight excluding hydrogens is 286 g/mol. The number of methoxy groups -OCH3 is 1. The first-order chi connectivity index (χ1) is 10.6. The summed E-state index contributed by atoms with van der Waals surface area (Å²) in [6, 6.07) is 7.54. The molecule has 0 aromatic heterocycles. The van der Waals surface area contributed by atoms with E-state index >= 15 is 0 Å². The van der Waals surface area contributed by atoms with Gasteiger partial charge in [0.2, 0.25) is 0 Å². The summed E-state index contributed by atoms with van der Waals surface area (Å²) in [7, 11) is 1.62. The van der Waals surface area contributed by atoms with E-state index < -0.39 is 18.3 Å². The highest BCUT2D eigenvalue weighted by atomic mass is 16.6. The molecule has 0 saturated carbocycles. The lowest BCUT2D eigenvalue weighted by Gasteiger charge is -2.22. The Kier molecular flexibility index (Phi) is 6.00. The minimum atomic E-state index is -0.716. The number of β-amino-alcohol motifs (C(OH)–C–C–N with tert-alkyl or cyclic N) is 1. The average Bonchev–Trinajstić information content (AvgIpc) is 2.87. The second-order valence-electron chi connectivity index (χ2n) is 5.22. The van der Waals surface area contributed by atoms with Crippen LogP contribution in [-0.4, -0.2) is 56.2 Å². The van der Waals surface area contributed by atoms with E-state index in [0.717, 1.165) is 11.3 Å². The maximum Gasteiger partial charge on any atom is 0.407 e. The second kappa shape index (κ2) is 7.98. The van der Waals surface area contributed by atoms with Crippen LogP contribution in [0.25, 0.3) is 0 Å². The number of amides is 1. The first-order valence-corrected chi connectivity index (χ1v) is 7.33. The monoisotopic (exact) mass is 309 g/mol. The molecule has 1 aliphatic heterocycles. The van der Waals surface area contributed by atoms with E-state index in [0.29, 0.717) is 26.1 Å². The molecular formula is C15H23N3O4. The van der Waals surface area contributed by atoms with Crippen molar-refractivity contribution in [2.45, 2.75) is 24.7 Å². The molecule has 0 spiro atoms. The first-order valence-electron chi connectivity index (χ1n) is 7.33. The van der Waals surface area contributed by atoms with Gasteiger partial charge in [-0.3, -0.25) is 0 Å². The molecule has 1 aromatic rings. The Balaban J connectivity index is 1.94. The number of carbonyl (C=O) groups excluding carboxylic acids is 1. The number of hydrogen-bond donors (Lipinski definition) is 4. The zero-order chi connectivity index (χ0) is 15.9. The quantitative estimate of drug-likeness (QED) is 0.571. The fourth-order valence-corrected chi connectivity index (χ4v) is 2.48. The van der Waals surface area contributed by atoms with Gasteiger partial charge in [0, 0.05) is 19.6 Å². The Bertz CT molecular complexity index is 480. The van der Waals surface area contributed by atoms with Gasteiger partial charge >= 0.3 is 6.09 Å². The molecule has 0 aliphatic carbocycles. The van der Waals surface area contributed by atoms with Gasteiger partial charge in [-0.2, -0.15) is 0 Å². The van der Waals surface area contributed by atoms with Gasteiger partial charge in [-0.25, -0.2) is 4.79 Å². The molecule has 0 radical (unpaired) electrons. The standard InChI is InChI=1S/C15H23N3O4/c1-21-11-4-2-10(3-5-11)8-12-14(13(19)9-18-12)22-15(20)17-7-6-16/h2-5,12-14,18-19H,6-9,16H2,1H3,(H,17,20)/t12-,13+,14+/m1/s1. The van der Waals surface area contributed by atoms with Gasteiger partial charge in [0.15, 0.2) is 0 Å². The number of aliphatic hydroxyl groups is 1. The van der Waals surface area contributed by atoms with Crippen LogP contribution in [-0.2, 0) is 11.2 Å². The van der Waals surface area contributed by atoms with Crippen LogP contribution in [0.4, 0.5) is 4.79 Å². The van der Waals surface area contributed by atoms with E-state index in [1.165, 1.54) is 0 Å². The maximum atomic E-state index is 11.6. The van der Waals surface area contributed by atoms with E-state index in [1.54, 1.807) is 7.11 Å². The number of nitrogens with one attached hydrogen (secondary N) is 2. The van der Waals surface area contributed by atoms with Gasteiger partial charge < -0.3 is 30.9 Å². The number of benzene rings is 1. The van der Waals surface area contributed by atoms with Crippen LogP contribution < -0.4 is 21.1 Å². The van der Waals surface area contributed by atoms with Crippen molar-refractivity contribution in [3.05, 3.63) is 29.8 Å². The van der Waals surface area contributed by atoms with Crippen LogP contribution in [0, 0.1) is 0 Å². The van der Waals surface area contributed by atoms with Crippen molar-refractivity contribution >= 4 is 6.09 Å². The lowest BCUT2D eigenvalue weighted by atomic mass is 10.0. The van der Waals surface area contributed by atoms with Gasteiger partial charge in [-0.15, -0.1) is 0 Å². The van der Waals surface area contributed by atoms with Gasteiger partial charge in [-0.1, -0.05) is 12.1 Å². The second-order valence-corrected chi connectivity index (χ2v) is 5.22. The van der Waals surface area contributed by atoms with Gasteiger partial charge in [0.1, 0.15) is 18.0 Å². The molecule has 1 aliphatic rings. The summed E-state index contributed by atoms with van der Waals surface area (Å²) >= 11 is 0. The molecule has 1 saturated heterocycles. The fraction of sp³-hybridized carbons (Fsp3) is 0.533. The molecule has 3 atom stereocenters. The third-order valence-corrected chi connectivity index (χ3v) is 3.64. The van der Waals surface area contributed by atoms with Crippen molar-refractivity contribution in [2.75, 3.05) is 26.7 Å². The first kappa shape index (κ1) is 16.5. The Morgan fingerprint density at radius 3 is 2.82 bits per heavy atom. The van der Waals surface area contributed by atoms with Crippen LogP contribution in [0.5, 0.6) is 5.75 Å². The Hall–Kier alpha value is -1.83. The number of carbonyl (C=O) groups is 1. The van der Waals surface area contributed by atoms with Crippen LogP contribution in [0.3, 0.4) is 0 Å². The molecule has 1 aromatic carbocycles. The summed E-state index contributed by atoms with van der Waals surface area (Å²) in [4.78, 5) is 11.6. The van der Waals surface area contributed by atoms with E-state index in [2.05, 4.69) is 10.6 Å². The van der Waals surface area contributed by atoms with E-state index in [9.17, 15) is 9.90 Å². The van der Waals surface area contributed by atoms with Crippen molar-refractivity contribution in [1.29, 1.82) is 0 Å². The van der Waals surface area contributed by atoms with Crippen molar-refractivity contribution < 1.29 is 19.4 Å². The number of alkyl carbamates (subject to hydrolysis) is 1. The lowest BCUT2D eigenvalue weighted by molar-refractivity contribution is 0.0191. The van der Waals surface area contributed by atoms with Crippen LogP contribution in [0.2, 0.25) is 0 Å². The molecule has 122 valence electrons. The summed E-state index contributed by atoms with van der Waals surface area (Å²) in [5.41, 5.74) is 6.40. The van der Waals surface area contributed by atoms with Gasteiger partial charge in [0.25, 0.3) is 0 Å². The molecule has 2 rings (SSSR count). The van der Waals surface area contributed by atoms with Crippen LogP contribution in [0.15, 0.2) is 24.3 Å².